The van der Waals surface area contributed by atoms with Crippen LogP contribution in [0.4, 0.5) is 21.9 Å². The molecular formula is C26H29N5O3S. The van der Waals surface area contributed by atoms with Crippen LogP contribution in [0.15, 0.2) is 30.5 Å². The molecule has 0 radical (unpaired) electrons. The number of amides is 3. The molecule has 2 fully saturated rings. The molecule has 3 aromatic rings. The topological polar surface area (TPSA) is 95.6 Å². The van der Waals surface area contributed by atoms with Crippen molar-refractivity contribution in [3.8, 4) is 5.75 Å². The molecule has 2 aromatic heterocycles. The van der Waals surface area contributed by atoms with E-state index in [9.17, 15) is 9.59 Å². The van der Waals surface area contributed by atoms with Gasteiger partial charge in [-0.05, 0) is 81.8 Å². The number of thiophene rings is 1. The number of urea groups is 1. The number of ether oxygens (including phenoxy) is 1. The maximum Gasteiger partial charge on any atom is 0.331 e. The van der Waals surface area contributed by atoms with E-state index in [1.165, 1.54) is 24.2 Å². The van der Waals surface area contributed by atoms with Gasteiger partial charge in [0.1, 0.15) is 15.5 Å². The molecule has 8 nitrogen and oxygen atoms in total. The first-order chi connectivity index (χ1) is 17.1. The summed E-state index contributed by atoms with van der Waals surface area (Å²) in [5, 5.41) is 10.2. The molecule has 0 spiro atoms. The van der Waals surface area contributed by atoms with Crippen LogP contribution in [0.2, 0.25) is 0 Å². The van der Waals surface area contributed by atoms with Gasteiger partial charge in [-0.15, -0.1) is 11.3 Å². The normalized spacial score (nSPS) is 20.2. The lowest BCUT2D eigenvalue weighted by atomic mass is 10.1. The number of aryl methyl sites for hydroxylation is 1. The molecule has 1 atom stereocenters. The number of benzene rings is 1. The molecule has 182 valence electrons. The number of piperidine rings is 1. The largest absolute Gasteiger partial charge is 0.490 e. The van der Waals surface area contributed by atoms with Crippen LogP contribution in [0.25, 0.3) is 10.2 Å². The summed E-state index contributed by atoms with van der Waals surface area (Å²) in [6.07, 6.45) is 8.58. The molecule has 0 unspecified atom stereocenters. The molecule has 0 bridgehead atoms. The number of carbonyl (C=O) groups excluding carboxylic acids is 2. The third kappa shape index (κ3) is 4.12. The lowest BCUT2D eigenvalue weighted by Crippen LogP contribution is -2.45. The minimum Gasteiger partial charge on any atom is -0.490 e. The van der Waals surface area contributed by atoms with Gasteiger partial charge in [0, 0.05) is 18.8 Å². The van der Waals surface area contributed by atoms with Gasteiger partial charge in [0.25, 0.3) is 5.91 Å². The second-order valence-electron chi connectivity index (χ2n) is 9.57. The number of anilines is 3. The molecule has 1 saturated heterocycles. The highest BCUT2D eigenvalue weighted by molar-refractivity contribution is 7.21. The molecule has 9 heteroatoms. The molecule has 2 aliphatic heterocycles. The van der Waals surface area contributed by atoms with Crippen molar-refractivity contribution >= 4 is 50.6 Å². The van der Waals surface area contributed by atoms with Crippen LogP contribution in [0.3, 0.4) is 0 Å². The second-order valence-corrected chi connectivity index (χ2v) is 10.6. The average molecular weight is 492 g/mol. The monoisotopic (exact) mass is 491 g/mol. The van der Waals surface area contributed by atoms with Crippen molar-refractivity contribution in [1.29, 1.82) is 0 Å². The number of nitrogens with one attached hydrogen (secondary N) is 3. The maximum atomic E-state index is 13.4. The van der Waals surface area contributed by atoms with Crippen LogP contribution in [0, 0.1) is 6.92 Å². The van der Waals surface area contributed by atoms with Gasteiger partial charge < -0.3 is 20.7 Å². The Morgan fingerprint density at radius 2 is 2.03 bits per heavy atom. The minimum atomic E-state index is -0.288. The van der Waals surface area contributed by atoms with E-state index in [4.69, 9.17) is 4.74 Å². The van der Waals surface area contributed by atoms with Gasteiger partial charge in [0.05, 0.1) is 28.6 Å². The summed E-state index contributed by atoms with van der Waals surface area (Å²) in [6.45, 7) is 3.73. The van der Waals surface area contributed by atoms with E-state index in [1.807, 2.05) is 31.2 Å². The predicted molar refractivity (Wildman–Crippen MR) is 138 cm³/mol. The third-order valence-electron chi connectivity index (χ3n) is 7.10. The molecule has 1 aromatic carbocycles. The van der Waals surface area contributed by atoms with Crippen LogP contribution < -0.4 is 25.6 Å². The number of pyridine rings is 1. The van der Waals surface area contributed by atoms with Crippen LogP contribution >= 0.6 is 11.3 Å². The number of nitrogens with zero attached hydrogens (tertiary/aromatic N) is 2. The zero-order valence-electron chi connectivity index (χ0n) is 19.7. The number of aromatic nitrogens is 1. The van der Waals surface area contributed by atoms with Crippen molar-refractivity contribution in [3.05, 3.63) is 40.9 Å². The van der Waals surface area contributed by atoms with Gasteiger partial charge in [0.2, 0.25) is 0 Å². The fraction of sp³-hybridized carbons (Fsp3) is 0.423. The molecule has 1 aliphatic carbocycles. The Kier molecular flexibility index (Phi) is 5.82. The van der Waals surface area contributed by atoms with Crippen LogP contribution in [-0.4, -0.2) is 42.2 Å². The van der Waals surface area contributed by atoms with Gasteiger partial charge in [-0.3, -0.25) is 9.69 Å². The fourth-order valence-corrected chi connectivity index (χ4v) is 6.38. The highest BCUT2D eigenvalue weighted by Crippen LogP contribution is 2.46. The summed E-state index contributed by atoms with van der Waals surface area (Å²) in [6, 6.07) is 7.51. The Labute approximate surface area is 208 Å². The molecular weight excluding hydrogens is 462 g/mol. The predicted octanol–water partition coefficient (Wildman–Crippen LogP) is 5.09. The first kappa shape index (κ1) is 22.3. The molecule has 3 aliphatic rings. The average Bonchev–Trinajstić information content (AvgIpc) is 3.50. The van der Waals surface area contributed by atoms with Gasteiger partial charge in [0.15, 0.2) is 0 Å². The van der Waals surface area contributed by atoms with Crippen molar-refractivity contribution in [1.82, 2.24) is 15.6 Å². The summed E-state index contributed by atoms with van der Waals surface area (Å²) in [7, 11) is 0. The lowest BCUT2D eigenvalue weighted by Gasteiger charge is -2.30. The molecule has 3 N–H and O–H groups in total. The molecule has 4 heterocycles. The maximum absolute atomic E-state index is 13.4. The highest BCUT2D eigenvalue weighted by Gasteiger charge is 2.34. The standard InChI is InChI=1S/C26H29N5O3S/c1-15-13-18(34-17-6-2-3-7-17)8-9-19(15)31-20-10-12-28-25-21(20)22(30-26(31)33)23(35-25)24(32)29-16-5-4-11-27-14-16/h8-10,12-13,16-17,27H,2-7,11,14H2,1H3,(H,29,32)(H,30,33)/t16-/m1/s1. The molecule has 6 rings (SSSR count). The number of hydrogen-bond acceptors (Lipinski definition) is 6. The fourth-order valence-electron chi connectivity index (χ4n) is 5.36. The van der Waals surface area contributed by atoms with E-state index < -0.39 is 0 Å². The minimum absolute atomic E-state index is 0.0875. The van der Waals surface area contributed by atoms with E-state index in [0.29, 0.717) is 10.6 Å². The highest BCUT2D eigenvalue weighted by atomic mass is 32.1. The van der Waals surface area contributed by atoms with Crippen molar-refractivity contribution in [3.63, 3.8) is 0 Å². The Morgan fingerprint density at radius 3 is 2.80 bits per heavy atom. The smallest absolute Gasteiger partial charge is 0.331 e. The zero-order valence-corrected chi connectivity index (χ0v) is 20.5. The van der Waals surface area contributed by atoms with Gasteiger partial charge in [-0.1, -0.05) is 0 Å². The third-order valence-corrected chi connectivity index (χ3v) is 8.19. The van der Waals surface area contributed by atoms with E-state index in [0.717, 1.165) is 71.7 Å². The van der Waals surface area contributed by atoms with Crippen LogP contribution in [-0.2, 0) is 0 Å². The number of hydrogen-bond donors (Lipinski definition) is 3. The van der Waals surface area contributed by atoms with E-state index in [-0.39, 0.29) is 24.1 Å². The van der Waals surface area contributed by atoms with Crippen molar-refractivity contribution in [2.45, 2.75) is 57.6 Å². The van der Waals surface area contributed by atoms with Crippen molar-refractivity contribution < 1.29 is 14.3 Å². The van der Waals surface area contributed by atoms with Gasteiger partial charge >= 0.3 is 6.03 Å². The van der Waals surface area contributed by atoms with Crippen molar-refractivity contribution in [2.24, 2.45) is 0 Å². The lowest BCUT2D eigenvalue weighted by molar-refractivity contribution is 0.0935. The van der Waals surface area contributed by atoms with Crippen LogP contribution in [0.5, 0.6) is 5.75 Å². The summed E-state index contributed by atoms with van der Waals surface area (Å²) in [5.74, 6) is 0.670. The van der Waals surface area contributed by atoms with Crippen LogP contribution in [0.1, 0.15) is 53.8 Å². The first-order valence-electron chi connectivity index (χ1n) is 12.4. The number of rotatable bonds is 5. The summed E-state index contributed by atoms with van der Waals surface area (Å²) >= 11 is 1.32. The summed E-state index contributed by atoms with van der Waals surface area (Å²) in [5.41, 5.74) is 3.01. The Bertz CT molecular complexity index is 1290. The first-order valence-corrected chi connectivity index (χ1v) is 13.2. The SMILES string of the molecule is Cc1cc(OC2CCCC2)ccc1N1C(=O)Nc2c(C(=O)N[C@@H]3CCCNC3)sc3nccc1c23. The number of carbonyl (C=O) groups is 2. The quantitative estimate of drug-likeness (QED) is 0.462. The molecule has 3 amide bonds. The Balaban J connectivity index is 1.33. The molecule has 35 heavy (non-hydrogen) atoms. The Morgan fingerprint density at radius 1 is 1.17 bits per heavy atom. The van der Waals surface area contributed by atoms with E-state index >= 15 is 0 Å². The second kappa shape index (κ2) is 9.13. The van der Waals surface area contributed by atoms with Gasteiger partial charge in [-0.25, -0.2) is 9.78 Å². The van der Waals surface area contributed by atoms with Gasteiger partial charge in [-0.2, -0.15) is 0 Å². The van der Waals surface area contributed by atoms with E-state index in [2.05, 4.69) is 20.9 Å². The van der Waals surface area contributed by atoms with Crippen molar-refractivity contribution in [2.75, 3.05) is 23.3 Å². The molecule has 1 saturated carbocycles. The Hall–Kier alpha value is -3.17. The summed E-state index contributed by atoms with van der Waals surface area (Å²) in [4.78, 5) is 34.0. The van der Waals surface area contributed by atoms with E-state index in [1.54, 1.807) is 11.1 Å². The summed E-state index contributed by atoms with van der Waals surface area (Å²) < 4.78 is 6.15. The zero-order chi connectivity index (χ0) is 23.9.